The van der Waals surface area contributed by atoms with Gasteiger partial charge in [0.05, 0.1) is 27.5 Å². The predicted octanol–water partition coefficient (Wildman–Crippen LogP) is 5.62. The molecule has 0 aliphatic rings. The van der Waals surface area contributed by atoms with Gasteiger partial charge in [-0.3, -0.25) is 0 Å². The monoisotopic (exact) mass is 515 g/mol. The minimum Gasteiger partial charge on any atom is -0.497 e. The topological polar surface area (TPSA) is 85.3 Å². The number of aromatic nitrogens is 1. The van der Waals surface area contributed by atoms with Gasteiger partial charge in [-0.05, 0) is 53.1 Å². The largest absolute Gasteiger partial charge is 0.497 e. The van der Waals surface area contributed by atoms with Crippen LogP contribution in [0.3, 0.4) is 0 Å². The normalized spacial score (nSPS) is 10.4. The Morgan fingerprint density at radius 3 is 1.47 bits per heavy atom. The Kier molecular flexibility index (Phi) is 9.02. The lowest BCUT2D eigenvalue weighted by atomic mass is 10.2. The SMILES string of the molecule is COc1ccc(COC(=O)c2cc(OCc3ccc(OC)cc3)c(OCc3ccc(OC)cc3)cn2)cc1. The zero-order valence-electron chi connectivity index (χ0n) is 21.5. The summed E-state index contributed by atoms with van der Waals surface area (Å²) in [4.78, 5) is 17.0. The van der Waals surface area contributed by atoms with Crippen LogP contribution in [-0.4, -0.2) is 32.3 Å². The van der Waals surface area contributed by atoms with Gasteiger partial charge in [0.1, 0.15) is 37.1 Å². The average molecular weight is 516 g/mol. The van der Waals surface area contributed by atoms with Gasteiger partial charge in [0, 0.05) is 6.07 Å². The van der Waals surface area contributed by atoms with Crippen molar-refractivity contribution in [2.45, 2.75) is 19.8 Å². The summed E-state index contributed by atoms with van der Waals surface area (Å²) in [6, 6.07) is 23.9. The molecule has 0 N–H and O–H groups in total. The molecule has 196 valence electrons. The molecule has 1 heterocycles. The molecule has 0 saturated heterocycles. The van der Waals surface area contributed by atoms with Crippen molar-refractivity contribution in [2.24, 2.45) is 0 Å². The van der Waals surface area contributed by atoms with Gasteiger partial charge in [-0.25, -0.2) is 9.78 Å². The molecule has 8 nitrogen and oxygen atoms in total. The maximum Gasteiger partial charge on any atom is 0.357 e. The number of esters is 1. The molecular formula is C30H29NO7. The number of carbonyl (C=O) groups is 1. The van der Waals surface area contributed by atoms with Crippen LogP contribution in [0.1, 0.15) is 27.2 Å². The van der Waals surface area contributed by atoms with Crippen molar-refractivity contribution in [3.05, 3.63) is 107 Å². The zero-order valence-corrected chi connectivity index (χ0v) is 21.5. The van der Waals surface area contributed by atoms with Crippen molar-refractivity contribution in [1.29, 1.82) is 0 Å². The van der Waals surface area contributed by atoms with Crippen LogP contribution in [0, 0.1) is 0 Å². The Hall–Kier alpha value is -4.72. The van der Waals surface area contributed by atoms with Crippen LogP contribution in [0.15, 0.2) is 85.1 Å². The molecule has 0 unspecified atom stereocenters. The third-order valence-corrected chi connectivity index (χ3v) is 5.68. The highest BCUT2D eigenvalue weighted by Gasteiger charge is 2.16. The summed E-state index contributed by atoms with van der Waals surface area (Å²) in [5.74, 6) is 2.45. The molecule has 0 saturated carbocycles. The average Bonchev–Trinajstić information content (AvgIpc) is 2.98. The van der Waals surface area contributed by atoms with Crippen LogP contribution in [0.5, 0.6) is 28.7 Å². The van der Waals surface area contributed by atoms with Gasteiger partial charge in [0.15, 0.2) is 17.2 Å². The van der Waals surface area contributed by atoms with Gasteiger partial charge in [0.2, 0.25) is 0 Å². The summed E-state index contributed by atoms with van der Waals surface area (Å²) < 4.78 is 33.1. The number of nitrogens with zero attached hydrogens (tertiary/aromatic N) is 1. The summed E-state index contributed by atoms with van der Waals surface area (Å²) >= 11 is 0. The maximum atomic E-state index is 12.8. The summed E-state index contributed by atoms with van der Waals surface area (Å²) in [6.45, 7) is 0.640. The Balaban J connectivity index is 1.47. The second kappa shape index (κ2) is 13.0. The Morgan fingerprint density at radius 1 is 0.605 bits per heavy atom. The van der Waals surface area contributed by atoms with Crippen LogP contribution in [0.25, 0.3) is 0 Å². The summed E-state index contributed by atoms with van der Waals surface area (Å²) in [6.07, 6.45) is 1.47. The highest BCUT2D eigenvalue weighted by Crippen LogP contribution is 2.29. The van der Waals surface area contributed by atoms with Gasteiger partial charge in [-0.1, -0.05) is 36.4 Å². The molecule has 0 fully saturated rings. The van der Waals surface area contributed by atoms with Crippen LogP contribution >= 0.6 is 0 Å². The van der Waals surface area contributed by atoms with E-state index in [1.54, 1.807) is 21.3 Å². The Morgan fingerprint density at radius 2 is 1.03 bits per heavy atom. The molecule has 38 heavy (non-hydrogen) atoms. The van der Waals surface area contributed by atoms with Gasteiger partial charge in [-0.15, -0.1) is 0 Å². The number of ether oxygens (including phenoxy) is 6. The number of rotatable bonds is 12. The van der Waals surface area contributed by atoms with E-state index < -0.39 is 5.97 Å². The third-order valence-electron chi connectivity index (χ3n) is 5.68. The number of hydrogen-bond acceptors (Lipinski definition) is 8. The van der Waals surface area contributed by atoms with E-state index in [4.69, 9.17) is 28.4 Å². The predicted molar refractivity (Wildman–Crippen MR) is 141 cm³/mol. The van der Waals surface area contributed by atoms with Gasteiger partial charge < -0.3 is 28.4 Å². The van der Waals surface area contributed by atoms with Gasteiger partial charge in [0.25, 0.3) is 0 Å². The van der Waals surface area contributed by atoms with E-state index in [2.05, 4.69) is 4.98 Å². The lowest BCUT2D eigenvalue weighted by molar-refractivity contribution is 0.0465. The lowest BCUT2D eigenvalue weighted by Crippen LogP contribution is -2.09. The molecule has 0 radical (unpaired) electrons. The van der Waals surface area contributed by atoms with Crippen molar-refractivity contribution in [2.75, 3.05) is 21.3 Å². The van der Waals surface area contributed by atoms with Crippen molar-refractivity contribution in [3.63, 3.8) is 0 Å². The van der Waals surface area contributed by atoms with Crippen LogP contribution in [-0.2, 0) is 24.6 Å². The lowest BCUT2D eigenvalue weighted by Gasteiger charge is -2.14. The molecule has 0 bridgehead atoms. The highest BCUT2D eigenvalue weighted by molar-refractivity contribution is 5.87. The first kappa shape index (κ1) is 26.3. The fraction of sp³-hybridized carbons (Fsp3) is 0.200. The molecule has 0 aliphatic heterocycles. The maximum absolute atomic E-state index is 12.8. The van der Waals surface area contributed by atoms with Crippen LogP contribution in [0.2, 0.25) is 0 Å². The summed E-state index contributed by atoms with van der Waals surface area (Å²) in [5.41, 5.74) is 2.80. The van der Waals surface area contributed by atoms with E-state index in [-0.39, 0.29) is 25.5 Å². The van der Waals surface area contributed by atoms with Crippen molar-refractivity contribution >= 4 is 5.97 Å². The zero-order chi connectivity index (χ0) is 26.7. The molecule has 0 aliphatic carbocycles. The number of hydrogen-bond donors (Lipinski definition) is 0. The van der Waals surface area contributed by atoms with E-state index in [0.717, 1.165) is 33.9 Å². The first-order chi connectivity index (χ1) is 18.6. The summed E-state index contributed by atoms with van der Waals surface area (Å²) in [7, 11) is 4.83. The van der Waals surface area contributed by atoms with Crippen molar-refractivity contribution in [3.8, 4) is 28.7 Å². The molecule has 3 aromatic carbocycles. The molecular weight excluding hydrogens is 486 g/mol. The van der Waals surface area contributed by atoms with E-state index in [1.807, 2.05) is 72.8 Å². The molecule has 0 amide bonds. The Labute approximate surface area is 221 Å². The molecule has 0 atom stereocenters. The number of carbonyl (C=O) groups excluding carboxylic acids is 1. The Bertz CT molecular complexity index is 1320. The molecule has 8 heteroatoms. The molecule has 4 rings (SSSR count). The smallest absolute Gasteiger partial charge is 0.357 e. The number of benzene rings is 3. The molecule has 1 aromatic heterocycles. The van der Waals surface area contributed by atoms with Crippen molar-refractivity contribution in [1.82, 2.24) is 4.98 Å². The standard InChI is InChI=1S/C30H29NO7/c1-33-24-10-4-21(5-11-24)18-36-28-16-27(30(32)38-20-23-8-14-26(35-3)15-9-23)31-17-29(28)37-19-22-6-12-25(34-2)13-7-22/h4-17H,18-20H2,1-3H3. The van der Waals surface area contributed by atoms with Gasteiger partial charge >= 0.3 is 5.97 Å². The minimum absolute atomic E-state index is 0.0995. The first-order valence-corrected chi connectivity index (χ1v) is 11.9. The van der Waals surface area contributed by atoms with E-state index in [9.17, 15) is 4.79 Å². The minimum atomic E-state index is -0.572. The van der Waals surface area contributed by atoms with Gasteiger partial charge in [-0.2, -0.15) is 0 Å². The second-order valence-corrected chi connectivity index (χ2v) is 8.21. The second-order valence-electron chi connectivity index (χ2n) is 8.21. The van der Waals surface area contributed by atoms with Crippen LogP contribution in [0.4, 0.5) is 0 Å². The number of methoxy groups -OCH3 is 3. The van der Waals surface area contributed by atoms with E-state index in [0.29, 0.717) is 11.5 Å². The third kappa shape index (κ3) is 7.16. The quantitative estimate of drug-likeness (QED) is 0.225. The summed E-state index contributed by atoms with van der Waals surface area (Å²) in [5, 5.41) is 0. The fourth-order valence-corrected chi connectivity index (χ4v) is 3.47. The molecule has 4 aromatic rings. The number of pyridine rings is 1. The first-order valence-electron chi connectivity index (χ1n) is 11.9. The molecule has 0 spiro atoms. The van der Waals surface area contributed by atoms with E-state index >= 15 is 0 Å². The highest BCUT2D eigenvalue weighted by atomic mass is 16.5. The van der Waals surface area contributed by atoms with Crippen molar-refractivity contribution < 1.29 is 33.2 Å². The van der Waals surface area contributed by atoms with E-state index in [1.165, 1.54) is 12.3 Å². The van der Waals surface area contributed by atoms with Crippen LogP contribution < -0.4 is 23.7 Å². The fourth-order valence-electron chi connectivity index (χ4n) is 3.47.